The summed E-state index contributed by atoms with van der Waals surface area (Å²) >= 11 is 0. The summed E-state index contributed by atoms with van der Waals surface area (Å²) in [6.45, 7) is 2.18. The lowest BCUT2D eigenvalue weighted by Crippen LogP contribution is -2.39. The molecule has 28 heavy (non-hydrogen) atoms. The highest BCUT2D eigenvalue weighted by Crippen LogP contribution is 2.37. The summed E-state index contributed by atoms with van der Waals surface area (Å²) in [5, 5.41) is 2.31. The molecular weight excluding hydrogens is 368 g/mol. The Hall–Kier alpha value is -3.16. The lowest BCUT2D eigenvalue weighted by atomic mass is 10.1. The third kappa shape index (κ3) is 3.62. The number of hydrogen-bond acceptors (Lipinski definition) is 4. The molecule has 3 rings (SSSR count). The van der Waals surface area contributed by atoms with Gasteiger partial charge in [-0.2, -0.15) is 8.78 Å². The minimum Gasteiger partial charge on any atom is -0.497 e. The first-order valence-corrected chi connectivity index (χ1v) is 8.69. The van der Waals surface area contributed by atoms with Crippen molar-refractivity contribution in [3.05, 3.63) is 53.9 Å². The van der Waals surface area contributed by atoms with Gasteiger partial charge < -0.3 is 19.4 Å². The van der Waals surface area contributed by atoms with Crippen LogP contribution in [0.25, 0.3) is 11.0 Å². The van der Waals surface area contributed by atoms with Crippen molar-refractivity contribution in [3.63, 3.8) is 0 Å². The smallest absolute Gasteiger partial charge is 0.353 e. The number of carbonyl (C=O) groups excluding carboxylic acids is 1. The fourth-order valence-electron chi connectivity index (χ4n) is 3.05. The van der Waals surface area contributed by atoms with Crippen molar-refractivity contribution >= 4 is 16.9 Å². The number of amides is 1. The number of carbonyl (C=O) groups is 1. The molecule has 0 bridgehead atoms. The van der Waals surface area contributed by atoms with Crippen LogP contribution in [0, 0.1) is 6.92 Å². The summed E-state index contributed by atoms with van der Waals surface area (Å²) in [4.78, 5) is 16.6. The number of ether oxygens (including phenoxy) is 2. The Morgan fingerprint density at radius 2 is 1.93 bits per heavy atom. The van der Waals surface area contributed by atoms with E-state index in [2.05, 4.69) is 10.3 Å². The van der Waals surface area contributed by atoms with E-state index in [-0.39, 0.29) is 18.0 Å². The second kappa shape index (κ2) is 7.84. The molecule has 0 atom stereocenters. The van der Waals surface area contributed by atoms with Gasteiger partial charge in [0.2, 0.25) is 0 Å². The number of aromatic nitrogens is 2. The third-order valence-electron chi connectivity index (χ3n) is 4.50. The summed E-state index contributed by atoms with van der Waals surface area (Å²) in [7, 11) is 2.63. The lowest BCUT2D eigenvalue weighted by molar-refractivity contribution is -0.147. The topological polar surface area (TPSA) is 65.4 Å². The van der Waals surface area contributed by atoms with E-state index in [0.29, 0.717) is 6.54 Å². The number of nitrogens with zero attached hydrogens (tertiary/aromatic N) is 2. The highest BCUT2D eigenvalue weighted by atomic mass is 19.3. The molecule has 0 aliphatic heterocycles. The minimum atomic E-state index is -3.77. The van der Waals surface area contributed by atoms with E-state index >= 15 is 0 Å². The van der Waals surface area contributed by atoms with Gasteiger partial charge in [0, 0.05) is 13.1 Å². The van der Waals surface area contributed by atoms with Crippen LogP contribution < -0.4 is 14.8 Å². The highest BCUT2D eigenvalue weighted by molar-refractivity contribution is 5.85. The van der Waals surface area contributed by atoms with E-state index in [0.717, 1.165) is 22.9 Å². The maximum Gasteiger partial charge on any atom is 0.353 e. The standard InChI is InChI=1S/C20H21F2N3O3/c1-13-24-16-6-4-5-7-17(16)25(13)11-10-23-19(26)20(21,22)15-12-14(27-2)8-9-18(15)28-3/h4-9,12H,10-11H2,1-3H3,(H,23,26). The van der Waals surface area contributed by atoms with Crippen molar-refractivity contribution in [2.45, 2.75) is 19.4 Å². The van der Waals surface area contributed by atoms with Crippen molar-refractivity contribution in [2.24, 2.45) is 0 Å². The van der Waals surface area contributed by atoms with Crippen LogP contribution >= 0.6 is 0 Å². The predicted octanol–water partition coefficient (Wildman–Crippen LogP) is 3.27. The van der Waals surface area contributed by atoms with Crippen molar-refractivity contribution in [3.8, 4) is 11.5 Å². The van der Waals surface area contributed by atoms with Gasteiger partial charge in [-0.15, -0.1) is 0 Å². The van der Waals surface area contributed by atoms with Gasteiger partial charge in [-0.25, -0.2) is 4.98 Å². The Morgan fingerprint density at radius 3 is 2.64 bits per heavy atom. The molecule has 8 heteroatoms. The molecule has 2 aromatic carbocycles. The molecule has 0 aliphatic carbocycles. The normalized spacial score (nSPS) is 11.5. The molecule has 0 saturated heterocycles. The van der Waals surface area contributed by atoms with Crippen molar-refractivity contribution in [2.75, 3.05) is 20.8 Å². The van der Waals surface area contributed by atoms with Crippen LogP contribution in [0.15, 0.2) is 42.5 Å². The quantitative estimate of drug-likeness (QED) is 0.674. The number of methoxy groups -OCH3 is 2. The number of aryl methyl sites for hydroxylation is 1. The second-order valence-corrected chi connectivity index (χ2v) is 6.20. The molecule has 0 fully saturated rings. The predicted molar refractivity (Wildman–Crippen MR) is 101 cm³/mol. The number of imidazole rings is 1. The summed E-state index contributed by atoms with van der Waals surface area (Å²) in [5.41, 5.74) is 1.16. The van der Waals surface area contributed by atoms with Gasteiger partial charge >= 0.3 is 5.92 Å². The van der Waals surface area contributed by atoms with Gasteiger partial charge in [-0.3, -0.25) is 4.79 Å². The van der Waals surface area contributed by atoms with Crippen LogP contribution in [0.3, 0.4) is 0 Å². The fraction of sp³-hybridized carbons (Fsp3) is 0.300. The number of halogens is 2. The number of alkyl halides is 2. The molecular formula is C20H21F2N3O3. The fourth-order valence-corrected chi connectivity index (χ4v) is 3.05. The van der Waals surface area contributed by atoms with Gasteiger partial charge in [-0.05, 0) is 37.3 Å². The molecule has 0 unspecified atom stereocenters. The van der Waals surface area contributed by atoms with Gasteiger partial charge in [0.05, 0.1) is 30.8 Å². The molecule has 148 valence electrons. The van der Waals surface area contributed by atoms with Crippen molar-refractivity contribution in [1.82, 2.24) is 14.9 Å². The molecule has 0 radical (unpaired) electrons. The first kappa shape index (κ1) is 19.6. The van der Waals surface area contributed by atoms with E-state index < -0.39 is 17.4 Å². The van der Waals surface area contributed by atoms with Crippen LogP contribution in [0.4, 0.5) is 8.78 Å². The largest absolute Gasteiger partial charge is 0.497 e. The summed E-state index contributed by atoms with van der Waals surface area (Å²) < 4.78 is 41.3. The average Bonchev–Trinajstić information content (AvgIpc) is 3.02. The van der Waals surface area contributed by atoms with Crippen LogP contribution in [0.1, 0.15) is 11.4 Å². The molecule has 1 heterocycles. The van der Waals surface area contributed by atoms with E-state index in [1.165, 1.54) is 26.4 Å². The zero-order valence-corrected chi connectivity index (χ0v) is 15.8. The van der Waals surface area contributed by atoms with E-state index in [1.807, 2.05) is 35.8 Å². The first-order chi connectivity index (χ1) is 13.4. The molecule has 1 amide bonds. The first-order valence-electron chi connectivity index (χ1n) is 8.69. The SMILES string of the molecule is COc1ccc(OC)c(C(F)(F)C(=O)NCCn2c(C)nc3ccccc32)c1. The molecule has 1 N–H and O–H groups in total. The maximum atomic E-state index is 14.7. The highest BCUT2D eigenvalue weighted by Gasteiger charge is 2.43. The minimum absolute atomic E-state index is 0.0297. The summed E-state index contributed by atoms with van der Waals surface area (Å²) in [6.07, 6.45) is 0. The number of hydrogen-bond donors (Lipinski definition) is 1. The van der Waals surface area contributed by atoms with Crippen molar-refractivity contribution in [1.29, 1.82) is 0 Å². The van der Waals surface area contributed by atoms with Crippen LogP contribution in [0.5, 0.6) is 11.5 Å². The number of para-hydroxylation sites is 2. The second-order valence-electron chi connectivity index (χ2n) is 6.20. The van der Waals surface area contributed by atoms with E-state index in [9.17, 15) is 13.6 Å². The van der Waals surface area contributed by atoms with Gasteiger partial charge in [0.25, 0.3) is 5.91 Å². The molecule has 1 aromatic heterocycles. The van der Waals surface area contributed by atoms with E-state index in [4.69, 9.17) is 9.47 Å². The maximum absolute atomic E-state index is 14.7. The Bertz CT molecular complexity index is 1000. The molecule has 0 aliphatic rings. The number of rotatable bonds is 7. The third-order valence-corrected chi connectivity index (χ3v) is 4.50. The number of fused-ring (bicyclic) bond motifs is 1. The molecule has 0 spiro atoms. The molecule has 0 saturated carbocycles. The Balaban J connectivity index is 1.74. The van der Waals surface area contributed by atoms with Gasteiger partial charge in [0.15, 0.2) is 0 Å². The summed E-state index contributed by atoms with van der Waals surface area (Å²) in [6, 6.07) is 11.5. The van der Waals surface area contributed by atoms with Crippen LogP contribution in [0.2, 0.25) is 0 Å². The molecule has 3 aromatic rings. The van der Waals surface area contributed by atoms with Crippen LogP contribution in [-0.4, -0.2) is 36.2 Å². The average molecular weight is 389 g/mol. The van der Waals surface area contributed by atoms with Gasteiger partial charge in [0.1, 0.15) is 17.3 Å². The number of nitrogens with one attached hydrogen (secondary N) is 1. The lowest BCUT2D eigenvalue weighted by Gasteiger charge is -2.20. The molecule has 6 nitrogen and oxygen atoms in total. The monoisotopic (exact) mass is 389 g/mol. The van der Waals surface area contributed by atoms with Gasteiger partial charge in [-0.1, -0.05) is 12.1 Å². The van der Waals surface area contributed by atoms with E-state index in [1.54, 1.807) is 0 Å². The zero-order chi connectivity index (χ0) is 20.3. The summed E-state index contributed by atoms with van der Waals surface area (Å²) in [5.74, 6) is -4.30. The zero-order valence-electron chi connectivity index (χ0n) is 15.8. The Morgan fingerprint density at radius 1 is 1.18 bits per heavy atom. The Labute approximate surface area is 161 Å². The Kier molecular flexibility index (Phi) is 5.48. The van der Waals surface area contributed by atoms with Crippen molar-refractivity contribution < 1.29 is 23.0 Å². The van der Waals surface area contributed by atoms with Crippen LogP contribution in [-0.2, 0) is 17.3 Å². The number of benzene rings is 2.